The zero-order valence-electron chi connectivity index (χ0n) is 15.7. The van der Waals surface area contributed by atoms with Crippen LogP contribution in [0.3, 0.4) is 0 Å². The molecule has 6 heteroatoms. The zero-order valence-corrected chi connectivity index (χ0v) is 16.5. The third-order valence-electron chi connectivity index (χ3n) is 4.31. The van der Waals surface area contributed by atoms with Gasteiger partial charge in [-0.2, -0.15) is 0 Å². The SMILES string of the molecule is Cc1cccc(CNC(=O)Oc2cccc(C(=O)c3nc4ccccc4s3)c2)c1. The molecular formula is C23H18N2O3S. The lowest BCUT2D eigenvalue weighted by molar-refractivity contribution is 0.103. The minimum absolute atomic E-state index is 0.197. The summed E-state index contributed by atoms with van der Waals surface area (Å²) in [6.07, 6.45) is -0.573. The smallest absolute Gasteiger partial charge is 0.410 e. The van der Waals surface area contributed by atoms with Crippen LogP contribution in [0.5, 0.6) is 5.75 Å². The maximum atomic E-state index is 12.8. The van der Waals surface area contributed by atoms with Gasteiger partial charge in [0.1, 0.15) is 5.75 Å². The van der Waals surface area contributed by atoms with Crippen LogP contribution in [0.4, 0.5) is 4.79 Å². The summed E-state index contributed by atoms with van der Waals surface area (Å²) in [5.41, 5.74) is 3.33. The van der Waals surface area contributed by atoms with Crippen molar-refractivity contribution in [3.63, 3.8) is 0 Å². The van der Waals surface area contributed by atoms with Crippen LogP contribution in [0.25, 0.3) is 10.2 Å². The first-order chi connectivity index (χ1) is 14.1. The van der Waals surface area contributed by atoms with Gasteiger partial charge in [-0.15, -0.1) is 11.3 Å². The van der Waals surface area contributed by atoms with Gasteiger partial charge in [-0.05, 0) is 36.8 Å². The molecule has 0 spiro atoms. The molecule has 0 bridgehead atoms. The highest BCUT2D eigenvalue weighted by Gasteiger charge is 2.16. The molecule has 4 rings (SSSR count). The molecule has 0 aliphatic rings. The molecule has 5 nitrogen and oxygen atoms in total. The van der Waals surface area contributed by atoms with Gasteiger partial charge in [0, 0.05) is 12.1 Å². The number of carbonyl (C=O) groups is 2. The first kappa shape index (κ1) is 18.8. The Kier molecular flexibility index (Phi) is 5.35. The summed E-state index contributed by atoms with van der Waals surface area (Å²) < 4.78 is 6.29. The van der Waals surface area contributed by atoms with E-state index in [1.165, 1.54) is 11.3 Å². The third kappa shape index (κ3) is 4.50. The van der Waals surface area contributed by atoms with Crippen LogP contribution < -0.4 is 10.1 Å². The molecule has 0 fully saturated rings. The van der Waals surface area contributed by atoms with Gasteiger partial charge in [0.05, 0.1) is 10.2 Å². The van der Waals surface area contributed by atoms with E-state index < -0.39 is 6.09 Å². The van der Waals surface area contributed by atoms with Gasteiger partial charge in [-0.3, -0.25) is 4.79 Å². The summed E-state index contributed by atoms with van der Waals surface area (Å²) in [5, 5.41) is 3.13. The molecule has 3 aromatic carbocycles. The Morgan fingerprint density at radius 2 is 1.83 bits per heavy atom. The van der Waals surface area contributed by atoms with Crippen LogP contribution >= 0.6 is 11.3 Å². The van der Waals surface area contributed by atoms with Crippen LogP contribution in [0, 0.1) is 6.92 Å². The number of nitrogens with zero attached hydrogens (tertiary/aromatic N) is 1. The molecule has 1 aromatic heterocycles. The van der Waals surface area contributed by atoms with Gasteiger partial charge in [0.2, 0.25) is 5.78 Å². The number of para-hydroxylation sites is 1. The van der Waals surface area contributed by atoms with Gasteiger partial charge < -0.3 is 10.1 Å². The number of nitrogens with one attached hydrogen (secondary N) is 1. The van der Waals surface area contributed by atoms with Crippen molar-refractivity contribution in [1.29, 1.82) is 0 Å². The Balaban J connectivity index is 1.44. The largest absolute Gasteiger partial charge is 0.412 e. The number of thiazole rings is 1. The van der Waals surface area contributed by atoms with Gasteiger partial charge in [0.25, 0.3) is 0 Å². The van der Waals surface area contributed by atoms with Crippen molar-refractivity contribution in [2.75, 3.05) is 0 Å². The normalized spacial score (nSPS) is 10.7. The number of hydrogen-bond donors (Lipinski definition) is 1. The minimum atomic E-state index is -0.573. The van der Waals surface area contributed by atoms with E-state index >= 15 is 0 Å². The van der Waals surface area contributed by atoms with Crippen LogP contribution in [0.1, 0.15) is 26.5 Å². The second-order valence-electron chi connectivity index (χ2n) is 6.58. The average Bonchev–Trinajstić information content (AvgIpc) is 3.16. The first-order valence-electron chi connectivity index (χ1n) is 9.10. The van der Waals surface area contributed by atoms with Crippen molar-refractivity contribution in [2.45, 2.75) is 13.5 Å². The number of ether oxygens (including phenoxy) is 1. The number of amides is 1. The van der Waals surface area contributed by atoms with Crippen molar-refractivity contribution in [3.05, 3.63) is 94.5 Å². The third-order valence-corrected chi connectivity index (χ3v) is 5.35. The second-order valence-corrected chi connectivity index (χ2v) is 7.61. The van der Waals surface area contributed by atoms with Crippen LogP contribution in [-0.2, 0) is 6.54 Å². The van der Waals surface area contributed by atoms with E-state index in [4.69, 9.17) is 4.74 Å². The quantitative estimate of drug-likeness (QED) is 0.470. The fourth-order valence-electron chi connectivity index (χ4n) is 2.93. The van der Waals surface area contributed by atoms with Gasteiger partial charge >= 0.3 is 6.09 Å². The number of rotatable bonds is 5. The van der Waals surface area contributed by atoms with E-state index in [1.54, 1.807) is 24.3 Å². The van der Waals surface area contributed by atoms with E-state index in [0.717, 1.165) is 21.3 Å². The molecule has 1 heterocycles. The Bertz CT molecular complexity index is 1170. The lowest BCUT2D eigenvalue weighted by Crippen LogP contribution is -2.26. The highest BCUT2D eigenvalue weighted by Crippen LogP contribution is 2.25. The molecule has 4 aromatic rings. The highest BCUT2D eigenvalue weighted by molar-refractivity contribution is 7.20. The summed E-state index contributed by atoms with van der Waals surface area (Å²) in [5.74, 6) is 0.107. The first-order valence-corrected chi connectivity index (χ1v) is 9.92. The maximum absolute atomic E-state index is 12.8. The average molecular weight is 402 g/mol. The van der Waals surface area contributed by atoms with Crippen molar-refractivity contribution in [3.8, 4) is 5.75 Å². The highest BCUT2D eigenvalue weighted by atomic mass is 32.1. The van der Waals surface area contributed by atoms with Crippen molar-refractivity contribution in [1.82, 2.24) is 10.3 Å². The lowest BCUT2D eigenvalue weighted by Gasteiger charge is -2.08. The van der Waals surface area contributed by atoms with Crippen LogP contribution in [0.2, 0.25) is 0 Å². The number of ketones is 1. The van der Waals surface area contributed by atoms with Crippen molar-refractivity contribution >= 4 is 33.4 Å². The molecule has 1 amide bonds. The van der Waals surface area contributed by atoms with E-state index in [1.807, 2.05) is 55.5 Å². The monoisotopic (exact) mass is 402 g/mol. The van der Waals surface area contributed by atoms with Gasteiger partial charge in [0.15, 0.2) is 5.01 Å². The molecule has 29 heavy (non-hydrogen) atoms. The number of benzene rings is 3. The molecule has 0 aliphatic heterocycles. The Morgan fingerprint density at radius 1 is 1.00 bits per heavy atom. The number of aromatic nitrogens is 1. The zero-order chi connectivity index (χ0) is 20.2. The van der Waals surface area contributed by atoms with Gasteiger partial charge in [-0.1, -0.05) is 54.1 Å². The molecule has 0 radical (unpaired) electrons. The number of carbonyl (C=O) groups excluding carboxylic acids is 2. The fraction of sp³-hybridized carbons (Fsp3) is 0.0870. The van der Waals surface area contributed by atoms with E-state index in [-0.39, 0.29) is 5.78 Å². The summed E-state index contributed by atoms with van der Waals surface area (Å²) >= 11 is 1.35. The summed E-state index contributed by atoms with van der Waals surface area (Å²) in [6, 6.07) is 22.0. The Morgan fingerprint density at radius 3 is 2.66 bits per heavy atom. The number of aryl methyl sites for hydroxylation is 1. The summed E-state index contributed by atoms with van der Waals surface area (Å²) in [6.45, 7) is 2.36. The Labute approximate surface area is 172 Å². The molecule has 0 atom stereocenters. The molecule has 0 unspecified atom stereocenters. The summed E-state index contributed by atoms with van der Waals surface area (Å²) in [4.78, 5) is 29.3. The summed E-state index contributed by atoms with van der Waals surface area (Å²) in [7, 11) is 0. The molecule has 1 N–H and O–H groups in total. The topological polar surface area (TPSA) is 68.3 Å². The van der Waals surface area contributed by atoms with Crippen LogP contribution in [0.15, 0.2) is 72.8 Å². The standard InChI is InChI=1S/C23H18N2O3S/c1-15-6-4-7-16(12-15)14-24-23(27)28-18-9-5-8-17(13-18)21(26)22-25-19-10-2-3-11-20(19)29-22/h2-13H,14H2,1H3,(H,24,27). The molecule has 144 valence electrons. The minimum Gasteiger partial charge on any atom is -0.410 e. The maximum Gasteiger partial charge on any atom is 0.412 e. The van der Waals surface area contributed by atoms with Crippen molar-refractivity contribution in [2.24, 2.45) is 0 Å². The van der Waals surface area contributed by atoms with E-state index in [0.29, 0.717) is 22.9 Å². The van der Waals surface area contributed by atoms with Crippen LogP contribution in [-0.4, -0.2) is 16.9 Å². The van der Waals surface area contributed by atoms with Crippen molar-refractivity contribution < 1.29 is 14.3 Å². The predicted octanol–water partition coefficient (Wildman–Crippen LogP) is 5.12. The van der Waals surface area contributed by atoms with E-state index in [9.17, 15) is 9.59 Å². The molecular weight excluding hydrogens is 384 g/mol. The molecule has 0 aliphatic carbocycles. The predicted molar refractivity (Wildman–Crippen MR) is 114 cm³/mol. The Hall–Kier alpha value is -3.51. The number of hydrogen-bond acceptors (Lipinski definition) is 5. The van der Waals surface area contributed by atoms with Gasteiger partial charge in [-0.25, -0.2) is 9.78 Å². The number of fused-ring (bicyclic) bond motifs is 1. The lowest BCUT2D eigenvalue weighted by atomic mass is 10.1. The molecule has 0 saturated heterocycles. The fourth-order valence-corrected chi connectivity index (χ4v) is 3.86. The molecule has 0 saturated carbocycles. The van der Waals surface area contributed by atoms with E-state index in [2.05, 4.69) is 10.3 Å². The second kappa shape index (κ2) is 8.24.